The Morgan fingerprint density at radius 3 is 2.41 bits per heavy atom. The lowest BCUT2D eigenvalue weighted by atomic mass is 10.0. The molecule has 0 aliphatic rings. The van der Waals surface area contributed by atoms with Crippen LogP contribution >= 0.6 is 0 Å². The Bertz CT molecular complexity index is 1150. The number of aromatic nitrogens is 3. The van der Waals surface area contributed by atoms with Crippen LogP contribution in [0.4, 0.5) is 11.8 Å². The normalized spacial score (nSPS) is 10.9. The molecular weight excluding hydrogens is 358 g/mol. The zero-order valence-corrected chi connectivity index (χ0v) is 17.3. The van der Waals surface area contributed by atoms with Crippen molar-refractivity contribution in [3.8, 4) is 11.3 Å². The van der Waals surface area contributed by atoms with Gasteiger partial charge in [0.2, 0.25) is 5.95 Å². The number of para-hydroxylation sites is 1. The van der Waals surface area contributed by atoms with Gasteiger partial charge in [-0.25, -0.2) is 9.97 Å². The quantitative estimate of drug-likeness (QED) is 0.526. The first-order chi connectivity index (χ1) is 14.0. The number of benzene rings is 2. The van der Waals surface area contributed by atoms with Gasteiger partial charge < -0.3 is 10.2 Å². The summed E-state index contributed by atoms with van der Waals surface area (Å²) in [6.45, 7) is 4.72. The number of fused-ring (bicyclic) bond motifs is 1. The molecule has 5 heteroatoms. The topological polar surface area (TPSA) is 53.9 Å². The van der Waals surface area contributed by atoms with Crippen molar-refractivity contribution in [2.45, 2.75) is 20.4 Å². The van der Waals surface area contributed by atoms with Crippen LogP contribution in [0.5, 0.6) is 0 Å². The summed E-state index contributed by atoms with van der Waals surface area (Å²) in [7, 11) is 3.89. The number of pyridine rings is 1. The van der Waals surface area contributed by atoms with Crippen molar-refractivity contribution in [1.29, 1.82) is 0 Å². The highest BCUT2D eigenvalue weighted by atomic mass is 15.2. The zero-order chi connectivity index (χ0) is 20.4. The highest BCUT2D eigenvalue weighted by Gasteiger charge is 2.11. The summed E-state index contributed by atoms with van der Waals surface area (Å²) < 4.78 is 0. The summed E-state index contributed by atoms with van der Waals surface area (Å²) in [5, 5.41) is 4.62. The van der Waals surface area contributed by atoms with Gasteiger partial charge in [0.25, 0.3) is 0 Å². The highest BCUT2D eigenvalue weighted by molar-refractivity contribution is 5.86. The van der Waals surface area contributed by atoms with Crippen molar-refractivity contribution in [2.75, 3.05) is 24.3 Å². The second-order valence-corrected chi connectivity index (χ2v) is 7.45. The monoisotopic (exact) mass is 383 g/mol. The van der Waals surface area contributed by atoms with Crippen LogP contribution in [0.15, 0.2) is 60.7 Å². The molecule has 29 heavy (non-hydrogen) atoms. The molecule has 2 aromatic carbocycles. The van der Waals surface area contributed by atoms with Gasteiger partial charge in [-0.05, 0) is 31.0 Å². The number of hydrogen-bond donors (Lipinski definition) is 1. The van der Waals surface area contributed by atoms with E-state index in [4.69, 9.17) is 4.98 Å². The lowest BCUT2D eigenvalue weighted by Crippen LogP contribution is -2.14. The second kappa shape index (κ2) is 7.87. The van der Waals surface area contributed by atoms with Gasteiger partial charge in [-0.15, -0.1) is 0 Å². The maximum atomic E-state index is 5.04. The molecule has 0 atom stereocenters. The minimum Gasteiger partial charge on any atom is -0.366 e. The van der Waals surface area contributed by atoms with Crippen LogP contribution in [0.1, 0.15) is 16.8 Å². The third-order valence-corrected chi connectivity index (χ3v) is 4.88. The molecule has 0 spiro atoms. The molecule has 0 saturated carbocycles. The predicted molar refractivity (Wildman–Crippen MR) is 120 cm³/mol. The van der Waals surface area contributed by atoms with Crippen LogP contribution in [-0.2, 0) is 6.54 Å². The zero-order valence-electron chi connectivity index (χ0n) is 17.3. The van der Waals surface area contributed by atoms with E-state index in [1.165, 1.54) is 5.56 Å². The van der Waals surface area contributed by atoms with Crippen molar-refractivity contribution >= 4 is 22.7 Å². The largest absolute Gasteiger partial charge is 0.366 e. The van der Waals surface area contributed by atoms with E-state index in [0.717, 1.165) is 39.2 Å². The molecule has 2 heterocycles. The maximum absolute atomic E-state index is 5.04. The van der Waals surface area contributed by atoms with E-state index >= 15 is 0 Å². The van der Waals surface area contributed by atoms with Gasteiger partial charge in [-0.1, -0.05) is 48.5 Å². The van der Waals surface area contributed by atoms with Gasteiger partial charge >= 0.3 is 0 Å². The van der Waals surface area contributed by atoms with Gasteiger partial charge in [-0.3, -0.25) is 0 Å². The van der Waals surface area contributed by atoms with Crippen LogP contribution < -0.4 is 10.2 Å². The Labute approximate surface area is 171 Å². The average Bonchev–Trinajstić information content (AvgIpc) is 2.72. The van der Waals surface area contributed by atoms with E-state index in [0.29, 0.717) is 12.5 Å². The van der Waals surface area contributed by atoms with E-state index in [1.54, 1.807) is 0 Å². The number of nitrogens with zero attached hydrogens (tertiary/aromatic N) is 4. The van der Waals surface area contributed by atoms with Crippen LogP contribution in [0.2, 0.25) is 0 Å². The van der Waals surface area contributed by atoms with Gasteiger partial charge in [0.1, 0.15) is 5.82 Å². The first kappa shape index (κ1) is 18.9. The molecule has 0 aliphatic carbocycles. The van der Waals surface area contributed by atoms with Gasteiger partial charge in [-0.2, -0.15) is 4.98 Å². The fraction of sp³-hybridized carbons (Fsp3) is 0.208. The molecule has 4 aromatic rings. The maximum Gasteiger partial charge on any atom is 0.226 e. The first-order valence-electron chi connectivity index (χ1n) is 9.73. The second-order valence-electron chi connectivity index (χ2n) is 7.45. The summed E-state index contributed by atoms with van der Waals surface area (Å²) in [5.74, 6) is 1.51. The molecule has 0 aliphatic heterocycles. The minimum atomic E-state index is 0.629. The van der Waals surface area contributed by atoms with Crippen LogP contribution in [-0.4, -0.2) is 29.0 Å². The van der Waals surface area contributed by atoms with E-state index in [9.17, 15) is 0 Å². The Hall–Kier alpha value is -3.47. The van der Waals surface area contributed by atoms with Crippen molar-refractivity contribution in [2.24, 2.45) is 0 Å². The van der Waals surface area contributed by atoms with E-state index in [2.05, 4.69) is 58.6 Å². The van der Waals surface area contributed by atoms with E-state index in [-0.39, 0.29) is 0 Å². The smallest absolute Gasteiger partial charge is 0.226 e. The molecule has 0 unspecified atom stereocenters. The van der Waals surface area contributed by atoms with Crippen molar-refractivity contribution < 1.29 is 0 Å². The molecule has 0 amide bonds. The van der Waals surface area contributed by atoms with Gasteiger partial charge in [0.15, 0.2) is 0 Å². The number of aryl methyl sites for hydroxylation is 2. The van der Waals surface area contributed by atoms with Crippen molar-refractivity contribution in [1.82, 2.24) is 15.0 Å². The number of nitrogens with one attached hydrogen (secondary N) is 1. The summed E-state index contributed by atoms with van der Waals surface area (Å²) >= 11 is 0. The number of rotatable bonds is 5. The molecule has 4 rings (SSSR count). The average molecular weight is 383 g/mol. The molecule has 0 radical (unpaired) electrons. The molecule has 5 nitrogen and oxygen atoms in total. The first-order valence-corrected chi connectivity index (χ1v) is 9.73. The van der Waals surface area contributed by atoms with Crippen LogP contribution in [0.3, 0.4) is 0 Å². The molecule has 0 saturated heterocycles. The Balaban J connectivity index is 1.75. The third-order valence-electron chi connectivity index (χ3n) is 4.88. The minimum absolute atomic E-state index is 0.629. The SMILES string of the molecule is Cc1cc(NCc2cc3cccc(C)c3nc2-c2ccccc2)nc(N(C)C)n1. The van der Waals surface area contributed by atoms with E-state index in [1.807, 2.05) is 50.2 Å². The molecule has 0 fully saturated rings. The summed E-state index contributed by atoms with van der Waals surface area (Å²) in [5.41, 5.74) is 6.41. The number of hydrogen-bond acceptors (Lipinski definition) is 5. The molecule has 146 valence electrons. The molecule has 2 aromatic heterocycles. The third kappa shape index (κ3) is 4.04. The molecule has 1 N–H and O–H groups in total. The molecular formula is C24H25N5. The Kier molecular flexibility index (Phi) is 5.12. The lowest BCUT2D eigenvalue weighted by molar-refractivity contribution is 0.968. The fourth-order valence-electron chi connectivity index (χ4n) is 3.40. The lowest BCUT2D eigenvalue weighted by Gasteiger charge is -2.15. The standard InChI is InChI=1S/C24H25N5/c1-16-9-8-12-19-14-20(23(28-22(16)19)18-10-6-5-7-11-18)15-25-21-13-17(2)26-24(27-21)29(3)4/h5-14H,15H2,1-4H3,(H,25,26,27). The van der Waals surface area contributed by atoms with E-state index < -0.39 is 0 Å². The summed E-state index contributed by atoms with van der Waals surface area (Å²) in [6.07, 6.45) is 0. The predicted octanol–water partition coefficient (Wildman–Crippen LogP) is 4.99. The van der Waals surface area contributed by atoms with Crippen molar-refractivity contribution in [3.05, 3.63) is 77.5 Å². The highest BCUT2D eigenvalue weighted by Crippen LogP contribution is 2.28. The van der Waals surface area contributed by atoms with Gasteiger partial charge in [0, 0.05) is 43.4 Å². The molecule has 0 bridgehead atoms. The Morgan fingerprint density at radius 1 is 0.862 bits per heavy atom. The van der Waals surface area contributed by atoms with Gasteiger partial charge in [0.05, 0.1) is 11.2 Å². The fourth-order valence-corrected chi connectivity index (χ4v) is 3.40. The summed E-state index contributed by atoms with van der Waals surface area (Å²) in [4.78, 5) is 16.0. The van der Waals surface area contributed by atoms with Crippen LogP contribution in [0.25, 0.3) is 22.2 Å². The van der Waals surface area contributed by atoms with Crippen LogP contribution in [0, 0.1) is 13.8 Å². The van der Waals surface area contributed by atoms with Crippen molar-refractivity contribution in [3.63, 3.8) is 0 Å². The number of anilines is 2. The Morgan fingerprint density at radius 2 is 1.66 bits per heavy atom. The summed E-state index contributed by atoms with van der Waals surface area (Å²) in [6, 6.07) is 20.8.